The third kappa shape index (κ3) is 22.5. The van der Waals surface area contributed by atoms with E-state index in [4.69, 9.17) is 103 Å². The number of cyclic esters (lactones) is 2. The van der Waals surface area contributed by atoms with Gasteiger partial charge in [-0.1, -0.05) is 93.9 Å². The quantitative estimate of drug-likeness (QED) is 0.0517. The van der Waals surface area contributed by atoms with Crippen molar-refractivity contribution < 1.29 is 81.5 Å². The van der Waals surface area contributed by atoms with Gasteiger partial charge in [0.1, 0.15) is 45.9 Å². The van der Waals surface area contributed by atoms with Crippen LogP contribution in [0.4, 0.5) is 4.79 Å². The van der Waals surface area contributed by atoms with E-state index in [1.54, 1.807) is 70.7 Å². The van der Waals surface area contributed by atoms with E-state index in [1.165, 1.54) is 19.1 Å². The molecule has 8 heterocycles. The van der Waals surface area contributed by atoms with Crippen LogP contribution in [0.1, 0.15) is 144 Å². The fourth-order valence-corrected chi connectivity index (χ4v) is 12.8. The molecule has 8 aliphatic rings. The minimum Gasteiger partial charge on any atom is -0.481 e. The number of halogens is 7. The lowest BCUT2D eigenvalue weighted by Gasteiger charge is -2.40. The van der Waals surface area contributed by atoms with Crippen LogP contribution in [0.15, 0.2) is 50.6 Å². The van der Waals surface area contributed by atoms with Crippen LogP contribution in [0.5, 0.6) is 0 Å². The molecule has 31 heteroatoms. The summed E-state index contributed by atoms with van der Waals surface area (Å²) in [5, 5.41) is 16.5. The van der Waals surface area contributed by atoms with Crippen LogP contribution in [-0.4, -0.2) is 204 Å². The predicted molar refractivity (Wildman–Crippen MR) is 347 cm³/mol. The Morgan fingerprint density at radius 3 is 1.77 bits per heavy atom. The van der Waals surface area contributed by atoms with Gasteiger partial charge in [-0.2, -0.15) is 0 Å². The van der Waals surface area contributed by atoms with E-state index in [9.17, 15) is 47.9 Å². The average molecular weight is 1430 g/mol. The van der Waals surface area contributed by atoms with E-state index < -0.39 is 77.4 Å². The highest BCUT2D eigenvalue weighted by Gasteiger charge is 2.62. The molecule has 4 N–H and O–H groups in total. The Labute approximate surface area is 569 Å². The van der Waals surface area contributed by atoms with Gasteiger partial charge in [-0.15, -0.1) is 38.7 Å². The normalized spacial score (nSPS) is 26.4. The molecule has 0 aromatic carbocycles. The number of ether oxygens (including phenoxy) is 6. The van der Waals surface area contributed by atoms with Crippen molar-refractivity contribution in [2.75, 3.05) is 60.0 Å². The zero-order chi connectivity index (χ0) is 68.3. The summed E-state index contributed by atoms with van der Waals surface area (Å²) in [5.41, 5.74) is -3.94. The van der Waals surface area contributed by atoms with Gasteiger partial charge >= 0.3 is 41.9 Å². The lowest BCUT2D eigenvalue weighted by Crippen LogP contribution is -2.64. The van der Waals surface area contributed by atoms with Crippen LogP contribution >= 0.6 is 82.0 Å². The van der Waals surface area contributed by atoms with E-state index in [1.807, 2.05) is 9.80 Å². The summed E-state index contributed by atoms with van der Waals surface area (Å²) in [4.78, 5) is 122. The number of nitrogens with zero attached hydrogens (tertiary/aromatic N) is 4. The number of alkyl halides is 6. The smallest absolute Gasteiger partial charge is 0.408 e. The SMILES string of the molecule is C=CCC1(C(=O)OC)CCCN1.C=CCC1(C(=O)OC)CCCN1C(=O)CNC(=O)OC(C)(C)C.C=CCC12CCCN1C(=O)CNC2=O.C=CCC12CCCN1[C@@H](C(Cl)(Cl)Cl)OC2=O.CC(C)(C)OC(=O)CCC(=O)O.Cl.O=C1O[C@H](C(Cl)(Cl)Cl)N2CCC[C@@H]12. The first kappa shape index (κ1) is 82.5. The van der Waals surface area contributed by atoms with Gasteiger partial charge in [0, 0.05) is 26.2 Å². The molecule has 0 aromatic rings. The summed E-state index contributed by atoms with van der Waals surface area (Å²) in [6.45, 7) is 28.5. The van der Waals surface area contributed by atoms with Crippen LogP contribution in [0.3, 0.4) is 0 Å². The standard InChI is InChI=1S/C16H26N2O5.C10H12Cl3NO2.C10H14N2O2.C9H15NO2.C8H14O4.C7H8Cl3NO2.ClH/c1-6-8-16(13(20)22-5)9-7-10-18(16)12(19)11-17-14(21)23-15(2,3)4;1-2-4-9-5-3-6-14(9)7(10(11,12)13)16-8(9)15;1-2-4-10-5-3-6-12(10)8(13)7-11-9(10)14;1-3-5-9(8(11)12-2)6-4-7-10-9;1-8(2,3)12-7(11)5-4-6(9)10;8-7(9,10)6-11-3-1-2-4(11)5(12)13-6;/h6H,1,7-11H2,2-5H3,(H,17,21);2,7H,1,3-6H2;2H,1,3-7H2,(H,11,14);3,10H,1,4-7H2,2H3;4-5H2,1-3H3,(H,9,10);4,6H,1-3H2;1H/t;7-,9?;;;;4-,6+;/m.1...0./s1. The molecule has 0 aliphatic carbocycles. The average Bonchev–Trinajstić information content (AvgIpc) is 1.64. The zero-order valence-corrected chi connectivity index (χ0v) is 58.4. The highest BCUT2D eigenvalue weighted by molar-refractivity contribution is 6.68. The lowest BCUT2D eigenvalue weighted by atomic mass is 9.89. The predicted octanol–water partition coefficient (Wildman–Crippen LogP) is 8.50. The van der Waals surface area contributed by atoms with Crippen molar-refractivity contribution in [2.24, 2.45) is 0 Å². The summed E-state index contributed by atoms with van der Waals surface area (Å²) < 4.78 is 26.6. The number of carboxylic acids is 1. The third-order valence-corrected chi connectivity index (χ3v) is 16.7. The Bertz CT molecular complexity index is 2610. The minimum atomic E-state index is -1.61. The monoisotopic (exact) mass is 1430 g/mol. The molecule has 91 heavy (non-hydrogen) atoms. The number of carbonyl (C=O) groups excluding carboxylic acids is 9. The van der Waals surface area contributed by atoms with Crippen LogP contribution in [-0.2, 0) is 71.6 Å². The second kappa shape index (κ2) is 35.8. The van der Waals surface area contributed by atoms with Crippen molar-refractivity contribution in [3.63, 3.8) is 0 Å². The number of esters is 5. The summed E-state index contributed by atoms with van der Waals surface area (Å²) in [5.74, 6) is -2.99. The lowest BCUT2D eigenvalue weighted by molar-refractivity contribution is -0.159. The van der Waals surface area contributed by atoms with Gasteiger partial charge in [-0.05, 0) is 138 Å². The van der Waals surface area contributed by atoms with Gasteiger partial charge < -0.3 is 59.3 Å². The van der Waals surface area contributed by atoms with Crippen molar-refractivity contribution in [3.8, 4) is 0 Å². The van der Waals surface area contributed by atoms with Crippen LogP contribution in [0.25, 0.3) is 0 Å². The van der Waals surface area contributed by atoms with Crippen LogP contribution in [0, 0.1) is 0 Å². The highest BCUT2D eigenvalue weighted by atomic mass is 35.6. The number of hydrogen-bond acceptors (Lipinski definition) is 19. The summed E-state index contributed by atoms with van der Waals surface area (Å²) in [6, 6.07) is -0.194. The van der Waals surface area contributed by atoms with Crippen molar-refractivity contribution in [1.29, 1.82) is 0 Å². The molecule has 8 fully saturated rings. The first-order valence-electron chi connectivity index (χ1n) is 29.6. The summed E-state index contributed by atoms with van der Waals surface area (Å²) >= 11 is 34.5. The second-order valence-electron chi connectivity index (χ2n) is 24.3. The van der Waals surface area contributed by atoms with Gasteiger partial charge in [-0.25, -0.2) is 19.3 Å². The number of piperazine rings is 1. The Balaban J connectivity index is 0.000000377. The Morgan fingerprint density at radius 1 is 0.681 bits per heavy atom. The van der Waals surface area contributed by atoms with Crippen molar-refractivity contribution in [2.45, 2.75) is 204 Å². The van der Waals surface area contributed by atoms with Gasteiger partial charge in [0.25, 0.3) is 0 Å². The Morgan fingerprint density at radius 2 is 1.24 bits per heavy atom. The van der Waals surface area contributed by atoms with Crippen molar-refractivity contribution in [1.82, 2.24) is 35.6 Å². The number of rotatable bonds is 15. The number of fused-ring (bicyclic) bond motifs is 3. The number of aliphatic carboxylic acids is 1. The maximum Gasteiger partial charge on any atom is 0.408 e. The van der Waals surface area contributed by atoms with Crippen molar-refractivity contribution >= 4 is 142 Å². The largest absolute Gasteiger partial charge is 0.481 e. The van der Waals surface area contributed by atoms with Crippen LogP contribution in [0.2, 0.25) is 0 Å². The van der Waals surface area contributed by atoms with E-state index in [-0.39, 0.29) is 80.0 Å². The topological polar surface area (TPSA) is 295 Å². The molecule has 0 aromatic heterocycles. The molecule has 4 unspecified atom stereocenters. The first-order chi connectivity index (χ1) is 41.8. The number of hydrogen-bond donors (Lipinski definition) is 4. The molecule has 0 spiro atoms. The molecule has 8 saturated heterocycles. The second-order valence-corrected chi connectivity index (χ2v) is 29.0. The number of nitrogens with one attached hydrogen (secondary N) is 3. The number of carboxylic acid groups (broad SMARTS) is 1. The van der Waals surface area contributed by atoms with Crippen molar-refractivity contribution in [3.05, 3.63) is 50.6 Å². The van der Waals surface area contributed by atoms with Gasteiger partial charge in [0.15, 0.2) is 0 Å². The summed E-state index contributed by atoms with van der Waals surface area (Å²) in [6.07, 6.45) is 14.6. The molecular formula is C60H90Cl7N7O17. The number of methoxy groups -OCH3 is 2. The van der Waals surface area contributed by atoms with E-state index in [0.717, 1.165) is 64.5 Å². The minimum absolute atomic E-state index is 0. The van der Waals surface area contributed by atoms with Gasteiger partial charge in [0.2, 0.25) is 37.8 Å². The number of carbonyl (C=O) groups is 10. The first-order valence-corrected chi connectivity index (χ1v) is 31.8. The zero-order valence-electron chi connectivity index (χ0n) is 53.1. The fraction of sp³-hybridized carbons (Fsp3) is 0.700. The maximum absolute atomic E-state index is 12.4. The Hall–Kier alpha value is -4.63. The third-order valence-electron chi connectivity index (χ3n) is 15.5. The van der Waals surface area contributed by atoms with Crippen LogP contribution < -0.4 is 16.0 Å². The van der Waals surface area contributed by atoms with Gasteiger partial charge in [-0.3, -0.25) is 38.5 Å². The molecule has 7 atom stereocenters. The molecule has 0 radical (unpaired) electrons. The molecular weight excluding hydrogens is 1340 g/mol. The number of alkyl carbamates (subject to hydrolysis) is 1. The molecule has 4 amide bonds. The van der Waals surface area contributed by atoms with E-state index in [0.29, 0.717) is 58.2 Å². The molecule has 8 aliphatic heterocycles. The fourth-order valence-electron chi connectivity index (χ4n) is 11.8. The van der Waals surface area contributed by atoms with E-state index >= 15 is 0 Å². The maximum atomic E-state index is 12.4. The van der Waals surface area contributed by atoms with E-state index in [2.05, 4.69) is 42.3 Å². The molecule has 8 rings (SSSR count). The highest BCUT2D eigenvalue weighted by Crippen LogP contribution is 2.48. The molecule has 24 nitrogen and oxygen atoms in total. The molecule has 0 saturated carbocycles. The Kier molecular flexibility index (Phi) is 32.4. The molecule has 0 bridgehead atoms. The summed E-state index contributed by atoms with van der Waals surface area (Å²) in [7, 11) is 2.72. The number of amides is 4. The van der Waals surface area contributed by atoms with Gasteiger partial charge in [0.05, 0.1) is 33.6 Å². The number of likely N-dealkylation sites (tertiary alicyclic amines) is 1. The molecule has 516 valence electrons.